The summed E-state index contributed by atoms with van der Waals surface area (Å²) in [4.78, 5) is 11.1. The lowest BCUT2D eigenvalue weighted by molar-refractivity contribution is -0.121. The van der Waals surface area contributed by atoms with E-state index in [0.29, 0.717) is 31.1 Å². The minimum absolute atomic E-state index is 0.0259. The Bertz CT molecular complexity index is 299. The standard InChI is InChI=1S/C8H13ClN4O/c9-7-5-12-13(6-7)4-1-8(14)11-3-2-10/h5-6H,1-4,10H2,(H,11,14). The van der Waals surface area contributed by atoms with E-state index < -0.39 is 0 Å². The van der Waals surface area contributed by atoms with Crippen LogP contribution in [0, 0.1) is 0 Å². The van der Waals surface area contributed by atoms with Crippen molar-refractivity contribution in [1.29, 1.82) is 0 Å². The van der Waals surface area contributed by atoms with E-state index in [1.807, 2.05) is 0 Å². The zero-order valence-electron chi connectivity index (χ0n) is 7.74. The number of nitrogens with one attached hydrogen (secondary N) is 1. The number of aryl methyl sites for hydroxylation is 1. The van der Waals surface area contributed by atoms with Gasteiger partial charge in [0.05, 0.1) is 11.2 Å². The molecule has 14 heavy (non-hydrogen) atoms. The first kappa shape index (κ1) is 11.0. The minimum Gasteiger partial charge on any atom is -0.355 e. The highest BCUT2D eigenvalue weighted by Gasteiger charge is 2.01. The molecule has 0 aliphatic carbocycles. The molecule has 0 unspecified atom stereocenters. The van der Waals surface area contributed by atoms with Crippen LogP contribution in [0.15, 0.2) is 12.4 Å². The number of hydrogen-bond acceptors (Lipinski definition) is 3. The van der Waals surface area contributed by atoms with E-state index in [-0.39, 0.29) is 5.91 Å². The number of aromatic nitrogens is 2. The third-order valence-corrected chi connectivity index (χ3v) is 1.83. The molecular weight excluding hydrogens is 204 g/mol. The summed E-state index contributed by atoms with van der Waals surface area (Å²) < 4.78 is 1.63. The van der Waals surface area contributed by atoms with Gasteiger partial charge in [0, 0.05) is 32.3 Å². The first-order valence-corrected chi connectivity index (χ1v) is 4.75. The molecule has 6 heteroatoms. The maximum absolute atomic E-state index is 11.1. The topological polar surface area (TPSA) is 72.9 Å². The van der Waals surface area contributed by atoms with Crippen LogP contribution in [-0.2, 0) is 11.3 Å². The van der Waals surface area contributed by atoms with E-state index in [1.165, 1.54) is 0 Å². The lowest BCUT2D eigenvalue weighted by Crippen LogP contribution is -2.29. The summed E-state index contributed by atoms with van der Waals surface area (Å²) in [6.45, 7) is 1.50. The highest BCUT2D eigenvalue weighted by molar-refractivity contribution is 6.30. The average Bonchev–Trinajstić information content (AvgIpc) is 2.58. The molecule has 78 valence electrons. The Morgan fingerprint density at radius 1 is 1.71 bits per heavy atom. The molecule has 0 atom stereocenters. The summed E-state index contributed by atoms with van der Waals surface area (Å²) in [7, 11) is 0. The zero-order valence-corrected chi connectivity index (χ0v) is 8.50. The summed E-state index contributed by atoms with van der Waals surface area (Å²) in [5.41, 5.74) is 5.24. The van der Waals surface area contributed by atoms with Gasteiger partial charge in [0.15, 0.2) is 0 Å². The van der Waals surface area contributed by atoms with Gasteiger partial charge in [-0.25, -0.2) is 0 Å². The van der Waals surface area contributed by atoms with Gasteiger partial charge < -0.3 is 11.1 Å². The van der Waals surface area contributed by atoms with Crippen molar-refractivity contribution in [2.75, 3.05) is 13.1 Å². The van der Waals surface area contributed by atoms with Crippen LogP contribution in [0.1, 0.15) is 6.42 Å². The number of rotatable bonds is 5. The second kappa shape index (κ2) is 5.62. The summed E-state index contributed by atoms with van der Waals surface area (Å²) in [6.07, 6.45) is 3.61. The molecule has 0 saturated carbocycles. The molecule has 0 aliphatic heterocycles. The van der Waals surface area contributed by atoms with E-state index in [9.17, 15) is 4.79 Å². The van der Waals surface area contributed by atoms with E-state index in [2.05, 4.69) is 10.4 Å². The molecule has 3 N–H and O–H groups in total. The molecule has 1 amide bonds. The Morgan fingerprint density at radius 3 is 3.07 bits per heavy atom. The van der Waals surface area contributed by atoms with Gasteiger partial charge in [-0.3, -0.25) is 9.48 Å². The summed E-state index contributed by atoms with van der Waals surface area (Å²) in [6, 6.07) is 0. The third kappa shape index (κ3) is 3.76. The molecule has 1 heterocycles. The van der Waals surface area contributed by atoms with Crippen molar-refractivity contribution in [3.8, 4) is 0 Å². The highest BCUT2D eigenvalue weighted by Crippen LogP contribution is 2.04. The van der Waals surface area contributed by atoms with Crippen LogP contribution in [0.3, 0.4) is 0 Å². The van der Waals surface area contributed by atoms with Crippen LogP contribution in [0.2, 0.25) is 5.02 Å². The summed E-state index contributed by atoms with van der Waals surface area (Å²) in [5, 5.41) is 7.20. The van der Waals surface area contributed by atoms with Gasteiger partial charge in [-0.1, -0.05) is 11.6 Å². The minimum atomic E-state index is -0.0259. The fourth-order valence-corrected chi connectivity index (χ4v) is 1.13. The molecular formula is C8H13ClN4O. The lowest BCUT2D eigenvalue weighted by Gasteiger charge is -2.02. The molecule has 0 spiro atoms. The second-order valence-corrected chi connectivity index (χ2v) is 3.25. The molecule has 0 radical (unpaired) electrons. The van der Waals surface area contributed by atoms with Crippen molar-refractivity contribution in [3.05, 3.63) is 17.4 Å². The second-order valence-electron chi connectivity index (χ2n) is 2.81. The normalized spacial score (nSPS) is 10.1. The molecule has 0 aromatic carbocycles. The molecule has 0 saturated heterocycles. The molecule has 5 nitrogen and oxygen atoms in total. The van der Waals surface area contributed by atoms with Crippen molar-refractivity contribution < 1.29 is 4.79 Å². The van der Waals surface area contributed by atoms with Gasteiger partial charge in [0.2, 0.25) is 5.91 Å². The number of amides is 1. The highest BCUT2D eigenvalue weighted by atomic mass is 35.5. The van der Waals surface area contributed by atoms with Crippen LogP contribution in [0.25, 0.3) is 0 Å². The first-order chi connectivity index (χ1) is 6.72. The van der Waals surface area contributed by atoms with Crippen LogP contribution in [-0.4, -0.2) is 28.8 Å². The van der Waals surface area contributed by atoms with Crippen molar-refractivity contribution in [3.63, 3.8) is 0 Å². The molecule has 1 aromatic rings. The van der Waals surface area contributed by atoms with E-state index in [4.69, 9.17) is 17.3 Å². The van der Waals surface area contributed by atoms with Crippen molar-refractivity contribution in [2.45, 2.75) is 13.0 Å². The average molecular weight is 217 g/mol. The van der Waals surface area contributed by atoms with E-state index in [1.54, 1.807) is 17.1 Å². The van der Waals surface area contributed by atoms with Crippen LogP contribution < -0.4 is 11.1 Å². The number of hydrogen-bond donors (Lipinski definition) is 2. The van der Waals surface area contributed by atoms with E-state index >= 15 is 0 Å². The molecule has 0 bridgehead atoms. The molecule has 0 aliphatic rings. The third-order valence-electron chi connectivity index (χ3n) is 1.64. The smallest absolute Gasteiger partial charge is 0.221 e. The molecule has 1 rings (SSSR count). The Morgan fingerprint density at radius 2 is 2.50 bits per heavy atom. The van der Waals surface area contributed by atoms with Gasteiger partial charge in [-0.05, 0) is 0 Å². The Hall–Kier alpha value is -1.07. The van der Waals surface area contributed by atoms with Crippen molar-refractivity contribution in [1.82, 2.24) is 15.1 Å². The Labute approximate surface area is 87.2 Å². The monoisotopic (exact) mass is 216 g/mol. The number of nitrogens with zero attached hydrogens (tertiary/aromatic N) is 2. The predicted octanol–water partition coefficient (Wildman–Crippen LogP) is 0.00150. The Balaban J connectivity index is 2.23. The summed E-state index contributed by atoms with van der Waals surface area (Å²) in [5.74, 6) is -0.0259. The molecule has 0 fully saturated rings. The number of carbonyl (C=O) groups excluding carboxylic acids is 1. The van der Waals surface area contributed by atoms with Crippen LogP contribution in [0.5, 0.6) is 0 Å². The van der Waals surface area contributed by atoms with Crippen molar-refractivity contribution in [2.24, 2.45) is 5.73 Å². The fourth-order valence-electron chi connectivity index (χ4n) is 0.977. The fraction of sp³-hybridized carbons (Fsp3) is 0.500. The lowest BCUT2D eigenvalue weighted by atomic mass is 10.4. The van der Waals surface area contributed by atoms with Gasteiger partial charge in [-0.2, -0.15) is 5.10 Å². The van der Waals surface area contributed by atoms with Gasteiger partial charge >= 0.3 is 0 Å². The number of nitrogens with two attached hydrogens (primary N) is 1. The molecule has 1 aromatic heterocycles. The van der Waals surface area contributed by atoms with Gasteiger partial charge in [-0.15, -0.1) is 0 Å². The van der Waals surface area contributed by atoms with Crippen LogP contribution >= 0.6 is 11.6 Å². The Kier molecular flexibility index (Phi) is 4.42. The SMILES string of the molecule is NCCNC(=O)CCn1cc(Cl)cn1. The predicted molar refractivity (Wildman–Crippen MR) is 53.9 cm³/mol. The van der Waals surface area contributed by atoms with Crippen LogP contribution in [0.4, 0.5) is 0 Å². The quantitative estimate of drug-likeness (QED) is 0.728. The maximum atomic E-state index is 11.1. The van der Waals surface area contributed by atoms with Gasteiger partial charge in [0.1, 0.15) is 0 Å². The summed E-state index contributed by atoms with van der Waals surface area (Å²) >= 11 is 5.66. The van der Waals surface area contributed by atoms with E-state index in [0.717, 1.165) is 0 Å². The van der Waals surface area contributed by atoms with Gasteiger partial charge in [0.25, 0.3) is 0 Å². The first-order valence-electron chi connectivity index (χ1n) is 4.37. The zero-order chi connectivity index (χ0) is 10.4. The maximum Gasteiger partial charge on any atom is 0.221 e. The van der Waals surface area contributed by atoms with Crippen molar-refractivity contribution >= 4 is 17.5 Å². The largest absolute Gasteiger partial charge is 0.355 e. The number of carbonyl (C=O) groups is 1. The number of halogens is 1.